The summed E-state index contributed by atoms with van der Waals surface area (Å²) in [5.74, 6) is -0.281. The average molecular weight is 330 g/mol. The third kappa shape index (κ3) is 2.20. The normalized spacial score (nSPS) is 23.7. The van der Waals surface area contributed by atoms with E-state index in [0.717, 1.165) is 42.7 Å². The van der Waals surface area contributed by atoms with Gasteiger partial charge in [0.2, 0.25) is 0 Å². The van der Waals surface area contributed by atoms with Crippen LogP contribution < -0.4 is 16.0 Å². The molecule has 0 radical (unpaired) electrons. The number of hydrogen-bond donors (Lipinski definition) is 3. The van der Waals surface area contributed by atoms with Crippen LogP contribution >= 0.6 is 0 Å². The van der Waals surface area contributed by atoms with Crippen molar-refractivity contribution in [2.24, 2.45) is 11.7 Å². The molecule has 0 aliphatic carbocycles. The second-order valence-electron chi connectivity index (χ2n) is 7.09. The van der Waals surface area contributed by atoms with Crippen molar-refractivity contribution < 1.29 is 9.18 Å². The summed E-state index contributed by atoms with van der Waals surface area (Å²) in [5, 5.41) is 4.32. The number of halogens is 1. The molecule has 2 aliphatic rings. The standard InChI is InChI=1S/C18H23FN4O/c1-9-10(2)22-16-12(18(20)24)7-13(19)17(15(9)16)23-6-4-11-3-5-21-14(11)8-23/h7,11,14,21-22H,3-6,8H2,1-2H3,(H2,20,24). The van der Waals surface area contributed by atoms with Crippen LogP contribution in [-0.4, -0.2) is 36.6 Å². The van der Waals surface area contributed by atoms with Crippen molar-refractivity contribution in [2.45, 2.75) is 32.7 Å². The monoisotopic (exact) mass is 330 g/mol. The van der Waals surface area contributed by atoms with Gasteiger partial charge >= 0.3 is 0 Å². The first-order valence-electron chi connectivity index (χ1n) is 8.57. The van der Waals surface area contributed by atoms with Gasteiger partial charge in [0, 0.05) is 30.2 Å². The van der Waals surface area contributed by atoms with Crippen LogP contribution in [0.1, 0.15) is 34.5 Å². The molecule has 4 N–H and O–H groups in total. The van der Waals surface area contributed by atoms with Crippen molar-refractivity contribution in [3.05, 3.63) is 28.7 Å². The summed E-state index contributed by atoms with van der Waals surface area (Å²) < 4.78 is 15.0. The lowest BCUT2D eigenvalue weighted by Gasteiger charge is -2.37. The summed E-state index contributed by atoms with van der Waals surface area (Å²) in [6.07, 6.45) is 2.28. The summed E-state index contributed by atoms with van der Waals surface area (Å²) in [6.45, 7) is 6.59. The Morgan fingerprint density at radius 3 is 2.92 bits per heavy atom. The van der Waals surface area contributed by atoms with Crippen molar-refractivity contribution in [1.82, 2.24) is 10.3 Å². The number of nitrogens with one attached hydrogen (secondary N) is 2. The maximum absolute atomic E-state index is 15.0. The number of carbonyl (C=O) groups is 1. The number of anilines is 1. The van der Waals surface area contributed by atoms with Crippen molar-refractivity contribution in [2.75, 3.05) is 24.5 Å². The van der Waals surface area contributed by atoms with Gasteiger partial charge in [0.15, 0.2) is 0 Å². The van der Waals surface area contributed by atoms with E-state index in [1.54, 1.807) is 0 Å². The minimum atomic E-state index is -0.608. The highest BCUT2D eigenvalue weighted by Crippen LogP contribution is 2.38. The molecule has 0 spiro atoms. The molecule has 128 valence electrons. The van der Waals surface area contributed by atoms with E-state index in [9.17, 15) is 9.18 Å². The molecule has 0 saturated carbocycles. The fraction of sp³-hybridized carbons (Fsp3) is 0.500. The Bertz CT molecular complexity index is 828. The SMILES string of the molecule is Cc1[nH]c2c(C(N)=O)cc(F)c(N3CCC4CCNC4C3)c2c1C. The van der Waals surface area contributed by atoms with E-state index in [-0.39, 0.29) is 11.4 Å². The molecular weight excluding hydrogens is 307 g/mol. The van der Waals surface area contributed by atoms with E-state index in [1.165, 1.54) is 12.5 Å². The number of primary amides is 1. The Labute approximate surface area is 140 Å². The van der Waals surface area contributed by atoms with Crippen LogP contribution in [0.25, 0.3) is 10.9 Å². The third-order valence-electron chi connectivity index (χ3n) is 5.76. The lowest BCUT2D eigenvalue weighted by atomic mass is 9.91. The van der Waals surface area contributed by atoms with Gasteiger partial charge in [0.1, 0.15) is 5.82 Å². The van der Waals surface area contributed by atoms with Crippen molar-refractivity contribution in [1.29, 1.82) is 0 Å². The number of carbonyl (C=O) groups excluding carboxylic acids is 1. The number of hydrogen-bond acceptors (Lipinski definition) is 3. The van der Waals surface area contributed by atoms with E-state index in [1.807, 2.05) is 13.8 Å². The van der Waals surface area contributed by atoms with E-state index >= 15 is 0 Å². The zero-order chi connectivity index (χ0) is 17.0. The Hall–Kier alpha value is -2.08. The van der Waals surface area contributed by atoms with Crippen LogP contribution in [-0.2, 0) is 0 Å². The lowest BCUT2D eigenvalue weighted by molar-refractivity contribution is 0.100. The molecule has 3 heterocycles. The average Bonchev–Trinajstić information content (AvgIpc) is 3.12. The first kappa shape index (κ1) is 15.4. The molecule has 2 unspecified atom stereocenters. The molecule has 5 nitrogen and oxygen atoms in total. The van der Waals surface area contributed by atoms with Crippen molar-refractivity contribution in [3.8, 4) is 0 Å². The Kier molecular flexibility index (Phi) is 3.53. The number of rotatable bonds is 2. The molecular formula is C18H23FN4O. The van der Waals surface area contributed by atoms with Gasteiger partial charge in [-0.1, -0.05) is 0 Å². The minimum Gasteiger partial charge on any atom is -0.367 e. The highest BCUT2D eigenvalue weighted by molar-refractivity contribution is 6.10. The van der Waals surface area contributed by atoms with Gasteiger partial charge < -0.3 is 20.9 Å². The molecule has 2 atom stereocenters. The maximum atomic E-state index is 15.0. The maximum Gasteiger partial charge on any atom is 0.250 e. The fourth-order valence-electron chi connectivity index (χ4n) is 4.34. The first-order chi connectivity index (χ1) is 11.5. The van der Waals surface area contributed by atoms with Crippen molar-refractivity contribution >= 4 is 22.5 Å². The summed E-state index contributed by atoms with van der Waals surface area (Å²) in [5.41, 5.74) is 8.84. The number of aryl methyl sites for hydroxylation is 2. The second-order valence-corrected chi connectivity index (χ2v) is 7.09. The largest absolute Gasteiger partial charge is 0.367 e. The van der Waals surface area contributed by atoms with Gasteiger partial charge in [-0.25, -0.2) is 4.39 Å². The van der Waals surface area contributed by atoms with Gasteiger partial charge in [-0.2, -0.15) is 0 Å². The van der Waals surface area contributed by atoms with Crippen molar-refractivity contribution in [3.63, 3.8) is 0 Å². The number of fused-ring (bicyclic) bond motifs is 2. The second kappa shape index (κ2) is 5.48. The number of piperidine rings is 1. The number of aromatic amines is 1. The number of amides is 1. The predicted octanol–water partition coefficient (Wildman–Crippen LogP) is 2.21. The van der Waals surface area contributed by atoms with Gasteiger partial charge in [-0.05, 0) is 50.8 Å². The fourth-order valence-corrected chi connectivity index (χ4v) is 4.34. The van der Waals surface area contributed by atoms with E-state index in [0.29, 0.717) is 23.2 Å². The topological polar surface area (TPSA) is 74.2 Å². The molecule has 0 bridgehead atoms. The number of nitrogens with two attached hydrogens (primary N) is 1. The molecule has 1 aromatic heterocycles. The van der Waals surface area contributed by atoms with E-state index in [2.05, 4.69) is 15.2 Å². The van der Waals surface area contributed by atoms with Crippen LogP contribution in [0.3, 0.4) is 0 Å². The molecule has 2 fully saturated rings. The van der Waals surface area contributed by atoms with Gasteiger partial charge in [0.25, 0.3) is 5.91 Å². The number of H-pyrrole nitrogens is 1. The zero-order valence-electron chi connectivity index (χ0n) is 14.1. The molecule has 4 rings (SSSR count). The zero-order valence-corrected chi connectivity index (χ0v) is 14.1. The molecule has 2 aliphatic heterocycles. The first-order valence-corrected chi connectivity index (χ1v) is 8.57. The van der Waals surface area contributed by atoms with Crippen LogP contribution in [0, 0.1) is 25.6 Å². The highest BCUT2D eigenvalue weighted by Gasteiger charge is 2.34. The highest BCUT2D eigenvalue weighted by atomic mass is 19.1. The third-order valence-corrected chi connectivity index (χ3v) is 5.76. The van der Waals surface area contributed by atoms with E-state index in [4.69, 9.17) is 5.73 Å². The summed E-state index contributed by atoms with van der Waals surface area (Å²) >= 11 is 0. The van der Waals surface area contributed by atoms with Crippen LogP contribution in [0.5, 0.6) is 0 Å². The quantitative estimate of drug-likeness (QED) is 0.790. The Balaban J connectivity index is 1.87. The molecule has 1 aromatic carbocycles. The van der Waals surface area contributed by atoms with Crippen LogP contribution in [0.4, 0.5) is 10.1 Å². The lowest BCUT2D eigenvalue weighted by Crippen LogP contribution is -2.46. The van der Waals surface area contributed by atoms with Gasteiger partial charge in [-0.3, -0.25) is 4.79 Å². The summed E-state index contributed by atoms with van der Waals surface area (Å²) in [7, 11) is 0. The molecule has 2 saturated heterocycles. The van der Waals surface area contributed by atoms with E-state index < -0.39 is 5.91 Å². The van der Waals surface area contributed by atoms with Gasteiger partial charge in [-0.15, -0.1) is 0 Å². The minimum absolute atomic E-state index is 0.219. The molecule has 1 amide bonds. The number of nitrogens with zero attached hydrogens (tertiary/aromatic N) is 1. The van der Waals surface area contributed by atoms with Gasteiger partial charge in [0.05, 0.1) is 16.8 Å². The van der Waals surface area contributed by atoms with Crippen LogP contribution in [0.2, 0.25) is 0 Å². The summed E-state index contributed by atoms with van der Waals surface area (Å²) in [4.78, 5) is 17.1. The smallest absolute Gasteiger partial charge is 0.250 e. The molecule has 6 heteroatoms. The molecule has 2 aromatic rings. The van der Waals surface area contributed by atoms with Crippen LogP contribution in [0.15, 0.2) is 6.07 Å². The molecule has 24 heavy (non-hydrogen) atoms. The predicted molar refractivity (Wildman–Crippen MR) is 93.0 cm³/mol. The summed E-state index contributed by atoms with van der Waals surface area (Å²) in [6, 6.07) is 1.70. The Morgan fingerprint density at radius 1 is 1.38 bits per heavy atom. The Morgan fingerprint density at radius 2 is 2.17 bits per heavy atom. The number of aromatic nitrogens is 1. The number of benzene rings is 1.